The number of rotatable bonds is 5. The number of anilines is 1. The Morgan fingerprint density at radius 1 is 1.47 bits per heavy atom. The molecular weight excluding hydrogens is 373 g/mol. The largest absolute Gasteiger partial charge is 0.284 e. The van der Waals surface area contributed by atoms with Crippen molar-refractivity contribution < 1.29 is 8.42 Å². The van der Waals surface area contributed by atoms with Crippen molar-refractivity contribution >= 4 is 49.9 Å². The van der Waals surface area contributed by atoms with Crippen LogP contribution in [0.2, 0.25) is 0 Å². The lowest BCUT2D eigenvalue weighted by atomic mass is 10.2. The Kier molecular flexibility index (Phi) is 5.53. The van der Waals surface area contributed by atoms with Crippen molar-refractivity contribution in [2.24, 2.45) is 5.92 Å². The molecule has 0 amide bonds. The molecule has 0 fully saturated rings. The van der Waals surface area contributed by atoms with Gasteiger partial charge in [0.1, 0.15) is 0 Å². The predicted octanol–water partition coefficient (Wildman–Crippen LogP) is 3.22. The molecule has 0 heterocycles. The lowest BCUT2D eigenvalue weighted by molar-refractivity contribution is 0.588. The third kappa shape index (κ3) is 5.01. The summed E-state index contributed by atoms with van der Waals surface area (Å²) in [6.07, 6.45) is 0. The Bertz CT molecular complexity index is 490. The highest BCUT2D eigenvalue weighted by Gasteiger charge is 2.15. The van der Waals surface area contributed by atoms with Crippen LogP contribution in [0.3, 0.4) is 0 Å². The molecule has 0 saturated carbocycles. The number of halogens is 2. The molecule has 0 spiro atoms. The number of alkyl halides is 1. The van der Waals surface area contributed by atoms with Crippen molar-refractivity contribution in [3.8, 4) is 0 Å². The molecule has 96 valence electrons. The molecule has 0 radical (unpaired) electrons. The second-order valence-electron chi connectivity index (χ2n) is 4.11. The average molecular weight is 388 g/mol. The zero-order chi connectivity index (χ0) is 13.1. The van der Waals surface area contributed by atoms with Crippen LogP contribution in [-0.4, -0.2) is 20.1 Å². The first-order valence-corrected chi connectivity index (χ1v) is 8.43. The highest BCUT2D eigenvalue weighted by atomic mass is 127. The van der Waals surface area contributed by atoms with Crippen LogP contribution in [0.5, 0.6) is 0 Å². The summed E-state index contributed by atoms with van der Waals surface area (Å²) in [6.45, 7) is 3.79. The molecule has 1 atom stereocenters. The summed E-state index contributed by atoms with van der Waals surface area (Å²) >= 11 is 7.79. The molecule has 3 nitrogen and oxygen atoms in total. The topological polar surface area (TPSA) is 46.2 Å². The van der Waals surface area contributed by atoms with E-state index in [0.717, 1.165) is 9.13 Å². The molecule has 0 saturated heterocycles. The normalized spacial score (nSPS) is 13.4. The summed E-state index contributed by atoms with van der Waals surface area (Å²) in [5, 5.41) is 0. The van der Waals surface area contributed by atoms with Crippen LogP contribution in [-0.2, 0) is 10.0 Å². The number of sulfonamides is 1. The zero-order valence-electron chi connectivity index (χ0n) is 9.70. The molecule has 0 aliphatic rings. The van der Waals surface area contributed by atoms with Crippen LogP contribution in [0, 0.1) is 16.4 Å². The quantitative estimate of drug-likeness (QED) is 0.623. The van der Waals surface area contributed by atoms with E-state index in [4.69, 9.17) is 11.6 Å². The molecule has 1 rings (SSSR count). The van der Waals surface area contributed by atoms with Crippen LogP contribution in [0.15, 0.2) is 18.2 Å². The second-order valence-corrected chi connectivity index (χ2v) is 7.34. The van der Waals surface area contributed by atoms with Gasteiger partial charge in [-0.1, -0.05) is 13.0 Å². The summed E-state index contributed by atoms with van der Waals surface area (Å²) < 4.78 is 27.2. The first-order valence-electron chi connectivity index (χ1n) is 5.16. The van der Waals surface area contributed by atoms with E-state index in [9.17, 15) is 8.42 Å². The van der Waals surface area contributed by atoms with E-state index in [1.165, 1.54) is 0 Å². The Morgan fingerprint density at radius 3 is 2.65 bits per heavy atom. The van der Waals surface area contributed by atoms with Crippen molar-refractivity contribution in [3.63, 3.8) is 0 Å². The van der Waals surface area contributed by atoms with Crippen molar-refractivity contribution in [3.05, 3.63) is 27.3 Å². The standard InChI is InChI=1S/C11H15ClINO2S/c1-8(6-12)7-17(15,16)14-10-4-3-9(2)11(13)5-10/h3-5,8,14H,6-7H2,1-2H3. The highest BCUT2D eigenvalue weighted by Crippen LogP contribution is 2.18. The van der Waals surface area contributed by atoms with Crippen LogP contribution < -0.4 is 4.72 Å². The lowest BCUT2D eigenvalue weighted by Gasteiger charge is -2.11. The van der Waals surface area contributed by atoms with E-state index < -0.39 is 10.0 Å². The van der Waals surface area contributed by atoms with Crippen molar-refractivity contribution in [2.45, 2.75) is 13.8 Å². The summed E-state index contributed by atoms with van der Waals surface area (Å²) in [7, 11) is -3.31. The number of benzene rings is 1. The van der Waals surface area contributed by atoms with E-state index in [2.05, 4.69) is 27.3 Å². The predicted molar refractivity (Wildman–Crippen MR) is 81.2 cm³/mol. The number of nitrogens with one attached hydrogen (secondary N) is 1. The number of hydrogen-bond acceptors (Lipinski definition) is 2. The summed E-state index contributed by atoms with van der Waals surface area (Å²) in [6, 6.07) is 5.48. The van der Waals surface area contributed by atoms with Crippen molar-refractivity contribution in [2.75, 3.05) is 16.4 Å². The first kappa shape index (κ1) is 15.0. The Balaban J connectivity index is 2.80. The molecule has 0 aliphatic heterocycles. The van der Waals surface area contributed by atoms with Gasteiger partial charge in [-0.15, -0.1) is 11.6 Å². The molecule has 0 bridgehead atoms. The van der Waals surface area contributed by atoms with Gasteiger partial charge < -0.3 is 0 Å². The fraction of sp³-hybridized carbons (Fsp3) is 0.455. The van der Waals surface area contributed by atoms with Gasteiger partial charge in [-0.05, 0) is 53.1 Å². The van der Waals surface area contributed by atoms with Crippen LogP contribution in [0.25, 0.3) is 0 Å². The third-order valence-electron chi connectivity index (χ3n) is 2.21. The van der Waals surface area contributed by atoms with Crippen LogP contribution >= 0.6 is 34.2 Å². The monoisotopic (exact) mass is 387 g/mol. The minimum absolute atomic E-state index is 0.0426. The van der Waals surface area contributed by atoms with Crippen LogP contribution in [0.1, 0.15) is 12.5 Å². The van der Waals surface area contributed by atoms with Crippen LogP contribution in [0.4, 0.5) is 5.69 Å². The van der Waals surface area contributed by atoms with E-state index in [0.29, 0.717) is 11.6 Å². The molecule has 6 heteroatoms. The summed E-state index contributed by atoms with van der Waals surface area (Å²) in [4.78, 5) is 0. The third-order valence-corrected chi connectivity index (χ3v) is 5.46. The fourth-order valence-electron chi connectivity index (χ4n) is 1.30. The maximum atomic E-state index is 11.8. The van der Waals surface area contributed by atoms with Gasteiger partial charge in [-0.25, -0.2) is 8.42 Å². The average Bonchev–Trinajstić information content (AvgIpc) is 2.22. The molecule has 1 unspecified atom stereocenters. The lowest BCUT2D eigenvalue weighted by Crippen LogP contribution is -2.22. The molecule has 0 aromatic heterocycles. The van der Waals surface area contributed by atoms with Gasteiger partial charge in [0.05, 0.1) is 5.75 Å². The highest BCUT2D eigenvalue weighted by molar-refractivity contribution is 14.1. The van der Waals surface area contributed by atoms with Gasteiger partial charge >= 0.3 is 0 Å². The van der Waals surface area contributed by atoms with E-state index in [1.807, 2.05) is 26.0 Å². The minimum atomic E-state index is -3.31. The first-order chi connectivity index (χ1) is 7.84. The molecule has 0 aliphatic carbocycles. The smallest absolute Gasteiger partial charge is 0.233 e. The Morgan fingerprint density at radius 2 is 2.12 bits per heavy atom. The Hall–Kier alpha value is -0.0100. The molecule has 1 aromatic rings. The van der Waals surface area contributed by atoms with Crippen molar-refractivity contribution in [1.29, 1.82) is 0 Å². The van der Waals surface area contributed by atoms with Gasteiger partial charge in [0, 0.05) is 15.1 Å². The summed E-state index contributed by atoms with van der Waals surface area (Å²) in [5.74, 6) is 0.325. The van der Waals surface area contributed by atoms with E-state index >= 15 is 0 Å². The molecule has 1 N–H and O–H groups in total. The fourth-order valence-corrected chi connectivity index (χ4v) is 3.49. The summed E-state index contributed by atoms with van der Waals surface area (Å²) in [5.41, 5.74) is 1.73. The minimum Gasteiger partial charge on any atom is -0.284 e. The molecule has 1 aromatic carbocycles. The van der Waals surface area contributed by atoms with Gasteiger partial charge in [0.2, 0.25) is 10.0 Å². The second kappa shape index (κ2) is 6.24. The number of aryl methyl sites for hydroxylation is 1. The van der Waals surface area contributed by atoms with Crippen molar-refractivity contribution in [1.82, 2.24) is 0 Å². The van der Waals surface area contributed by atoms with E-state index in [-0.39, 0.29) is 11.7 Å². The molecular formula is C11H15ClINO2S. The SMILES string of the molecule is Cc1ccc(NS(=O)(=O)CC(C)CCl)cc1I. The maximum Gasteiger partial charge on any atom is 0.233 e. The van der Waals surface area contributed by atoms with Gasteiger partial charge in [0.15, 0.2) is 0 Å². The van der Waals surface area contributed by atoms with Gasteiger partial charge in [-0.2, -0.15) is 0 Å². The zero-order valence-corrected chi connectivity index (χ0v) is 13.4. The van der Waals surface area contributed by atoms with E-state index in [1.54, 1.807) is 6.07 Å². The molecule has 17 heavy (non-hydrogen) atoms. The number of hydrogen-bond donors (Lipinski definition) is 1. The maximum absolute atomic E-state index is 11.8. The van der Waals surface area contributed by atoms with Gasteiger partial charge in [0.25, 0.3) is 0 Å². The van der Waals surface area contributed by atoms with Gasteiger partial charge in [-0.3, -0.25) is 4.72 Å². The Labute approximate surface area is 121 Å².